The van der Waals surface area contributed by atoms with Crippen LogP contribution in [-0.2, 0) is 7.05 Å². The van der Waals surface area contributed by atoms with Gasteiger partial charge in [-0.25, -0.2) is 4.98 Å². The van der Waals surface area contributed by atoms with Crippen molar-refractivity contribution in [2.45, 2.75) is 19.4 Å². The predicted molar refractivity (Wildman–Crippen MR) is 117 cm³/mol. The lowest BCUT2D eigenvalue weighted by Crippen LogP contribution is -2.38. The zero-order valence-corrected chi connectivity index (χ0v) is 17.8. The van der Waals surface area contributed by atoms with Gasteiger partial charge in [-0.05, 0) is 26.0 Å². The second-order valence-electron chi connectivity index (χ2n) is 6.89. The smallest absolute Gasteiger partial charge is 0.254 e. The molecule has 0 spiro atoms. The van der Waals surface area contributed by atoms with Crippen molar-refractivity contribution in [2.75, 3.05) is 20.1 Å². The highest BCUT2D eigenvalue weighted by Gasteiger charge is 2.27. The maximum Gasteiger partial charge on any atom is 0.254 e. The van der Waals surface area contributed by atoms with E-state index in [-0.39, 0.29) is 36.8 Å². The lowest BCUT2D eigenvalue weighted by molar-refractivity contribution is 0.0745. The Kier molecular flexibility index (Phi) is 7.04. The Morgan fingerprint density at radius 1 is 1.25 bits per heavy atom. The Hall–Kier alpha value is -2.15. The van der Waals surface area contributed by atoms with E-state index in [1.54, 1.807) is 4.68 Å². The van der Waals surface area contributed by atoms with Crippen molar-refractivity contribution in [3.05, 3.63) is 47.7 Å². The maximum absolute atomic E-state index is 13.3. The molecule has 1 aromatic carbocycles. The number of likely N-dealkylation sites (N-methyl/N-ethyl adjacent to an activating group) is 1. The molecule has 1 aliphatic rings. The van der Waals surface area contributed by atoms with Crippen molar-refractivity contribution < 1.29 is 4.79 Å². The van der Waals surface area contributed by atoms with Gasteiger partial charge in [-0.15, -0.1) is 24.8 Å². The van der Waals surface area contributed by atoms with Crippen molar-refractivity contribution in [2.24, 2.45) is 7.05 Å². The molecular weight excluding hydrogens is 397 g/mol. The summed E-state index contributed by atoms with van der Waals surface area (Å²) in [6.45, 7) is 3.73. The molecule has 1 fully saturated rings. The molecule has 4 rings (SSSR count). The molecule has 1 atom stereocenters. The van der Waals surface area contributed by atoms with E-state index in [9.17, 15) is 4.79 Å². The number of pyridine rings is 1. The molecule has 6 nitrogen and oxygen atoms in total. The van der Waals surface area contributed by atoms with Crippen molar-refractivity contribution in [3.8, 4) is 11.3 Å². The number of fused-ring (bicyclic) bond motifs is 1. The summed E-state index contributed by atoms with van der Waals surface area (Å²) in [6.07, 6.45) is 0.980. The standard InChI is InChI=1S/C20H23N5O.2ClH/c1-13-18-16(20(26)24(2)15-9-10-21-12-15)11-17(14-7-5-4-6-8-14)22-19(18)25(3)23-13;;/h4-8,11,15,21H,9-10,12H2,1-3H3;2*1H. The van der Waals surface area contributed by atoms with E-state index >= 15 is 0 Å². The first kappa shape index (κ1) is 22.1. The molecule has 3 aromatic rings. The van der Waals surface area contributed by atoms with Gasteiger partial charge in [-0.1, -0.05) is 30.3 Å². The molecule has 1 N–H and O–H groups in total. The van der Waals surface area contributed by atoms with Crippen molar-refractivity contribution in [1.29, 1.82) is 0 Å². The number of benzene rings is 1. The zero-order chi connectivity index (χ0) is 18.3. The second-order valence-corrected chi connectivity index (χ2v) is 6.89. The number of nitrogens with zero attached hydrogens (tertiary/aromatic N) is 4. The Bertz CT molecular complexity index is 968. The first-order valence-electron chi connectivity index (χ1n) is 8.94. The number of amides is 1. The fourth-order valence-electron chi connectivity index (χ4n) is 3.70. The average Bonchev–Trinajstić information content (AvgIpc) is 3.29. The molecule has 0 aliphatic carbocycles. The lowest BCUT2D eigenvalue weighted by atomic mass is 10.0. The predicted octanol–water partition coefficient (Wildman–Crippen LogP) is 3.22. The van der Waals surface area contributed by atoms with Gasteiger partial charge in [-0.3, -0.25) is 9.48 Å². The van der Waals surface area contributed by atoms with Crippen LogP contribution in [0.15, 0.2) is 36.4 Å². The number of nitrogens with one attached hydrogen (secondary N) is 1. The van der Waals surface area contributed by atoms with E-state index in [1.807, 2.05) is 62.3 Å². The molecule has 1 amide bonds. The van der Waals surface area contributed by atoms with Crippen LogP contribution in [-0.4, -0.2) is 51.8 Å². The molecule has 1 aliphatic heterocycles. The van der Waals surface area contributed by atoms with Crippen molar-refractivity contribution >= 4 is 41.8 Å². The average molecular weight is 422 g/mol. The van der Waals surface area contributed by atoms with E-state index in [2.05, 4.69) is 10.4 Å². The van der Waals surface area contributed by atoms with Gasteiger partial charge in [-0.2, -0.15) is 5.10 Å². The molecule has 3 heterocycles. The topological polar surface area (TPSA) is 63.1 Å². The van der Waals surface area contributed by atoms with E-state index in [1.165, 1.54) is 0 Å². The quantitative estimate of drug-likeness (QED) is 0.704. The van der Waals surface area contributed by atoms with Gasteiger partial charge in [0.05, 0.1) is 22.3 Å². The largest absolute Gasteiger partial charge is 0.337 e. The van der Waals surface area contributed by atoms with Crippen LogP contribution < -0.4 is 5.32 Å². The van der Waals surface area contributed by atoms with Gasteiger partial charge < -0.3 is 10.2 Å². The molecule has 28 heavy (non-hydrogen) atoms. The minimum atomic E-state index is 0. The molecule has 0 bridgehead atoms. The highest BCUT2D eigenvalue weighted by Crippen LogP contribution is 2.28. The highest BCUT2D eigenvalue weighted by atomic mass is 35.5. The van der Waals surface area contributed by atoms with Crippen molar-refractivity contribution in [3.63, 3.8) is 0 Å². The summed E-state index contributed by atoms with van der Waals surface area (Å²) in [4.78, 5) is 20.0. The second kappa shape index (κ2) is 8.90. The Morgan fingerprint density at radius 3 is 2.61 bits per heavy atom. The lowest BCUT2D eigenvalue weighted by Gasteiger charge is -2.24. The Morgan fingerprint density at radius 2 is 1.96 bits per heavy atom. The molecule has 2 aromatic heterocycles. The van der Waals surface area contributed by atoms with Crippen molar-refractivity contribution in [1.82, 2.24) is 25.0 Å². The first-order chi connectivity index (χ1) is 12.6. The minimum absolute atomic E-state index is 0. The third-order valence-corrected chi connectivity index (χ3v) is 5.17. The number of halogens is 2. The van der Waals surface area contributed by atoms with Gasteiger partial charge in [0.2, 0.25) is 0 Å². The molecule has 0 saturated carbocycles. The maximum atomic E-state index is 13.3. The van der Waals surface area contributed by atoms with Crippen LogP contribution in [0, 0.1) is 6.92 Å². The molecule has 8 heteroatoms. The van der Waals surface area contributed by atoms with Crippen LogP contribution in [0.4, 0.5) is 0 Å². The van der Waals surface area contributed by atoms with Crippen LogP contribution in [0.5, 0.6) is 0 Å². The summed E-state index contributed by atoms with van der Waals surface area (Å²) in [5.74, 6) is 0.0272. The van der Waals surface area contributed by atoms with E-state index < -0.39 is 0 Å². The van der Waals surface area contributed by atoms with Gasteiger partial charge in [0.25, 0.3) is 5.91 Å². The van der Waals surface area contributed by atoms with Crippen LogP contribution in [0.1, 0.15) is 22.5 Å². The summed E-state index contributed by atoms with van der Waals surface area (Å²) in [5.41, 5.74) is 4.03. The van der Waals surface area contributed by atoms with E-state index in [4.69, 9.17) is 4.98 Å². The summed E-state index contributed by atoms with van der Waals surface area (Å²) in [6, 6.07) is 12.1. The monoisotopic (exact) mass is 421 g/mol. The Balaban J connectivity index is 0.00000140. The molecule has 1 saturated heterocycles. The summed E-state index contributed by atoms with van der Waals surface area (Å²) < 4.78 is 1.75. The summed E-state index contributed by atoms with van der Waals surface area (Å²) in [7, 11) is 3.76. The summed E-state index contributed by atoms with van der Waals surface area (Å²) in [5, 5.41) is 8.67. The number of carbonyl (C=O) groups excluding carboxylic acids is 1. The van der Waals surface area contributed by atoms with Crippen LogP contribution in [0.2, 0.25) is 0 Å². The minimum Gasteiger partial charge on any atom is -0.337 e. The van der Waals surface area contributed by atoms with Crippen LogP contribution in [0.3, 0.4) is 0 Å². The summed E-state index contributed by atoms with van der Waals surface area (Å²) >= 11 is 0. The fraction of sp³-hybridized carbons (Fsp3) is 0.350. The molecular formula is C20H25Cl2N5O. The number of hydrogen-bond acceptors (Lipinski definition) is 4. The number of carbonyl (C=O) groups is 1. The zero-order valence-electron chi connectivity index (χ0n) is 16.2. The highest BCUT2D eigenvalue weighted by molar-refractivity contribution is 6.07. The van der Waals surface area contributed by atoms with Crippen LogP contribution >= 0.6 is 24.8 Å². The SMILES string of the molecule is Cc1nn(C)c2nc(-c3ccccc3)cc(C(=O)N(C)C3CCNC3)c12.Cl.Cl. The number of aromatic nitrogens is 3. The van der Waals surface area contributed by atoms with Gasteiger partial charge in [0, 0.05) is 32.2 Å². The van der Waals surface area contributed by atoms with Gasteiger partial charge in [0.1, 0.15) is 0 Å². The molecule has 1 unspecified atom stereocenters. The van der Waals surface area contributed by atoms with Crippen LogP contribution in [0.25, 0.3) is 22.3 Å². The molecule has 150 valence electrons. The molecule has 0 radical (unpaired) electrons. The van der Waals surface area contributed by atoms with E-state index in [0.29, 0.717) is 5.56 Å². The first-order valence-corrected chi connectivity index (χ1v) is 8.94. The third kappa shape index (κ3) is 3.85. The number of aryl methyl sites for hydroxylation is 2. The van der Waals surface area contributed by atoms with E-state index in [0.717, 1.165) is 47.5 Å². The third-order valence-electron chi connectivity index (χ3n) is 5.17. The van der Waals surface area contributed by atoms with Gasteiger partial charge in [0.15, 0.2) is 5.65 Å². The fourth-order valence-corrected chi connectivity index (χ4v) is 3.70. The number of hydrogen-bond donors (Lipinski definition) is 1. The van der Waals surface area contributed by atoms with Gasteiger partial charge >= 0.3 is 0 Å². The Labute approximate surface area is 177 Å². The normalized spacial score (nSPS) is 15.8. The number of rotatable bonds is 3.